The molecule has 0 aliphatic heterocycles. The highest BCUT2D eigenvalue weighted by molar-refractivity contribution is 5.91. The highest BCUT2D eigenvalue weighted by atomic mass is 16.1. The molecule has 0 radical (unpaired) electrons. The van der Waals surface area contributed by atoms with Gasteiger partial charge in [-0.3, -0.25) is 4.79 Å². The van der Waals surface area contributed by atoms with E-state index < -0.39 is 0 Å². The van der Waals surface area contributed by atoms with Crippen LogP contribution in [0.1, 0.15) is 65.2 Å². The van der Waals surface area contributed by atoms with Crippen LogP contribution in [0.5, 0.6) is 0 Å². The lowest BCUT2D eigenvalue weighted by Crippen LogP contribution is -2.48. The molecule has 0 N–H and O–H groups in total. The molecule has 0 bridgehead atoms. The first-order valence-corrected chi connectivity index (χ1v) is 9.19. The second-order valence-corrected chi connectivity index (χ2v) is 8.77. The van der Waals surface area contributed by atoms with E-state index in [4.69, 9.17) is 6.42 Å². The van der Waals surface area contributed by atoms with Crippen molar-refractivity contribution < 1.29 is 4.79 Å². The van der Waals surface area contributed by atoms with E-state index >= 15 is 0 Å². The highest BCUT2D eigenvalue weighted by Gasteiger charge is 2.60. The van der Waals surface area contributed by atoms with Gasteiger partial charge in [-0.25, -0.2) is 0 Å². The van der Waals surface area contributed by atoms with Gasteiger partial charge in [-0.15, -0.1) is 6.42 Å². The van der Waals surface area contributed by atoms with Crippen molar-refractivity contribution in [2.24, 2.45) is 34.5 Å². The molecule has 1 nitrogen and oxygen atoms in total. The van der Waals surface area contributed by atoms with Crippen molar-refractivity contribution in [2.45, 2.75) is 65.2 Å². The van der Waals surface area contributed by atoms with Crippen LogP contribution in [0.15, 0.2) is 11.6 Å². The van der Waals surface area contributed by atoms with E-state index in [1.165, 1.54) is 37.7 Å². The van der Waals surface area contributed by atoms with Gasteiger partial charge in [0.1, 0.15) is 0 Å². The molecule has 6 unspecified atom stereocenters. The third-order valence-electron chi connectivity index (χ3n) is 8.22. The Morgan fingerprint density at radius 3 is 2.68 bits per heavy atom. The predicted octanol–water partition coefficient (Wildman–Crippen LogP) is 4.77. The fraction of sp³-hybridized carbons (Fsp3) is 0.762. The molecule has 0 aromatic rings. The number of rotatable bonds is 0. The number of ketones is 1. The highest BCUT2D eigenvalue weighted by Crippen LogP contribution is 2.67. The zero-order valence-corrected chi connectivity index (χ0v) is 14.0. The fourth-order valence-electron chi connectivity index (χ4n) is 6.69. The molecule has 4 aliphatic carbocycles. The first kappa shape index (κ1) is 14.6. The molecule has 4 rings (SSSR count). The van der Waals surface area contributed by atoms with E-state index in [1.54, 1.807) is 0 Å². The Labute approximate surface area is 134 Å². The average molecular weight is 296 g/mol. The summed E-state index contributed by atoms with van der Waals surface area (Å²) in [6.45, 7) is 4.82. The molecule has 4 aliphatic rings. The zero-order valence-electron chi connectivity index (χ0n) is 14.0. The summed E-state index contributed by atoms with van der Waals surface area (Å²) >= 11 is 0. The summed E-state index contributed by atoms with van der Waals surface area (Å²) in [5, 5.41) is 0. The van der Waals surface area contributed by atoms with Gasteiger partial charge in [0.15, 0.2) is 5.78 Å². The van der Waals surface area contributed by atoms with Crippen molar-refractivity contribution in [3.63, 3.8) is 0 Å². The Kier molecular flexibility index (Phi) is 3.13. The smallest absolute Gasteiger partial charge is 0.155 e. The van der Waals surface area contributed by atoms with E-state index in [9.17, 15) is 4.79 Å². The van der Waals surface area contributed by atoms with Gasteiger partial charge in [-0.2, -0.15) is 0 Å². The number of carbonyl (C=O) groups is 1. The van der Waals surface area contributed by atoms with Gasteiger partial charge in [-0.1, -0.05) is 18.4 Å². The molecular formula is C21H28O. The molecule has 3 fully saturated rings. The number of fused-ring (bicyclic) bond motifs is 5. The summed E-state index contributed by atoms with van der Waals surface area (Å²) in [5.74, 6) is 6.74. The zero-order chi connectivity index (χ0) is 15.5. The minimum Gasteiger partial charge on any atom is -0.295 e. The Balaban J connectivity index is 1.65. The molecule has 0 spiro atoms. The molecule has 1 heteroatoms. The number of hydrogen-bond acceptors (Lipinski definition) is 1. The number of hydrogen-bond donors (Lipinski definition) is 0. The quantitative estimate of drug-likeness (QED) is 0.589. The van der Waals surface area contributed by atoms with Crippen LogP contribution in [0, 0.1) is 46.8 Å². The maximum atomic E-state index is 11.7. The molecule has 0 aromatic heterocycles. The number of terminal acetylenes is 1. The second-order valence-electron chi connectivity index (χ2n) is 8.77. The SMILES string of the molecule is C#CC1(C)CCC2C3CCC4=CC(=O)CCC4C3CCC21C. The number of allylic oxidation sites excluding steroid dienone is 1. The van der Waals surface area contributed by atoms with Gasteiger partial charge in [0, 0.05) is 11.8 Å². The van der Waals surface area contributed by atoms with Crippen LogP contribution in [0.3, 0.4) is 0 Å². The Morgan fingerprint density at radius 2 is 1.91 bits per heavy atom. The van der Waals surface area contributed by atoms with Gasteiger partial charge in [-0.05, 0) is 87.0 Å². The minimum atomic E-state index is 0.0985. The molecule has 6 atom stereocenters. The van der Waals surface area contributed by atoms with E-state index in [0.717, 1.165) is 37.0 Å². The van der Waals surface area contributed by atoms with Crippen LogP contribution in [-0.2, 0) is 4.79 Å². The summed E-state index contributed by atoms with van der Waals surface area (Å²) < 4.78 is 0. The first-order valence-electron chi connectivity index (χ1n) is 9.19. The molecule has 118 valence electrons. The molecule has 0 heterocycles. The predicted molar refractivity (Wildman–Crippen MR) is 89.0 cm³/mol. The summed E-state index contributed by atoms with van der Waals surface area (Å²) in [6.07, 6.45) is 17.4. The van der Waals surface area contributed by atoms with Gasteiger partial charge in [0.05, 0.1) is 0 Å². The van der Waals surface area contributed by atoms with E-state index in [0.29, 0.717) is 17.1 Å². The minimum absolute atomic E-state index is 0.0985. The summed E-state index contributed by atoms with van der Waals surface area (Å²) in [5.41, 5.74) is 1.93. The van der Waals surface area contributed by atoms with Gasteiger partial charge in [0.25, 0.3) is 0 Å². The van der Waals surface area contributed by atoms with Crippen LogP contribution in [0.4, 0.5) is 0 Å². The Morgan fingerprint density at radius 1 is 1.09 bits per heavy atom. The molecule has 3 saturated carbocycles. The maximum absolute atomic E-state index is 11.7. The van der Waals surface area contributed by atoms with Crippen molar-refractivity contribution in [3.8, 4) is 12.3 Å². The molecular weight excluding hydrogens is 268 g/mol. The van der Waals surface area contributed by atoms with Crippen molar-refractivity contribution in [1.29, 1.82) is 0 Å². The van der Waals surface area contributed by atoms with Crippen LogP contribution in [0.25, 0.3) is 0 Å². The van der Waals surface area contributed by atoms with Crippen molar-refractivity contribution in [3.05, 3.63) is 11.6 Å². The second kappa shape index (κ2) is 4.73. The molecule has 0 amide bonds. The third kappa shape index (κ3) is 1.76. The molecule has 22 heavy (non-hydrogen) atoms. The van der Waals surface area contributed by atoms with Gasteiger partial charge in [0.2, 0.25) is 0 Å². The van der Waals surface area contributed by atoms with Crippen LogP contribution in [-0.4, -0.2) is 5.78 Å². The first-order chi connectivity index (χ1) is 10.5. The van der Waals surface area contributed by atoms with Crippen molar-refractivity contribution in [2.75, 3.05) is 0 Å². The van der Waals surface area contributed by atoms with Crippen molar-refractivity contribution >= 4 is 5.78 Å². The van der Waals surface area contributed by atoms with Crippen molar-refractivity contribution in [1.82, 2.24) is 0 Å². The Hall–Kier alpha value is -1.03. The third-order valence-corrected chi connectivity index (χ3v) is 8.22. The van der Waals surface area contributed by atoms with E-state index in [1.807, 2.05) is 6.08 Å². The van der Waals surface area contributed by atoms with Crippen LogP contribution >= 0.6 is 0 Å². The molecule has 0 saturated heterocycles. The lowest BCUT2D eigenvalue weighted by molar-refractivity contribution is -0.116. The fourth-order valence-corrected chi connectivity index (χ4v) is 6.69. The summed E-state index contributed by atoms with van der Waals surface area (Å²) in [4.78, 5) is 11.7. The van der Waals surface area contributed by atoms with Gasteiger partial charge >= 0.3 is 0 Å². The lowest BCUT2D eigenvalue weighted by Gasteiger charge is -2.55. The maximum Gasteiger partial charge on any atom is 0.155 e. The van der Waals surface area contributed by atoms with E-state index in [2.05, 4.69) is 19.8 Å². The standard InChI is InChI=1S/C21H28O/c1-4-20(2)11-10-19-18-7-5-14-13-15(22)6-8-16(14)17(18)9-12-21(19,20)3/h1,13,16-19H,5-12H2,2-3H3. The molecule has 0 aromatic carbocycles. The average Bonchev–Trinajstić information content (AvgIpc) is 2.79. The van der Waals surface area contributed by atoms with Crippen LogP contribution < -0.4 is 0 Å². The normalized spacial score (nSPS) is 50.4. The summed E-state index contributed by atoms with van der Waals surface area (Å²) in [6, 6.07) is 0. The monoisotopic (exact) mass is 296 g/mol. The topological polar surface area (TPSA) is 17.1 Å². The van der Waals surface area contributed by atoms with E-state index in [-0.39, 0.29) is 5.41 Å². The largest absolute Gasteiger partial charge is 0.295 e. The van der Waals surface area contributed by atoms with Crippen LogP contribution in [0.2, 0.25) is 0 Å². The van der Waals surface area contributed by atoms with Gasteiger partial charge < -0.3 is 0 Å². The number of carbonyl (C=O) groups excluding carboxylic acids is 1. The summed E-state index contributed by atoms with van der Waals surface area (Å²) in [7, 11) is 0. The lowest BCUT2D eigenvalue weighted by atomic mass is 9.49. The Bertz CT molecular complexity index is 579.